The lowest BCUT2D eigenvalue weighted by molar-refractivity contribution is 0.412. The number of anilines is 2. The van der Waals surface area contributed by atoms with Crippen molar-refractivity contribution < 1.29 is 4.74 Å². The summed E-state index contributed by atoms with van der Waals surface area (Å²) < 4.78 is 5.85. The highest BCUT2D eigenvalue weighted by atomic mass is 79.9. The molecule has 0 bridgehead atoms. The van der Waals surface area contributed by atoms with E-state index < -0.39 is 0 Å². The van der Waals surface area contributed by atoms with Crippen LogP contribution in [0.3, 0.4) is 0 Å². The molecule has 0 heterocycles. The Morgan fingerprint density at radius 3 is 2.67 bits per heavy atom. The number of nitrogen functional groups attached to an aromatic ring is 2. The first-order valence-corrected chi connectivity index (χ1v) is 4.08. The molecule has 0 atom stereocenters. The van der Waals surface area contributed by atoms with Gasteiger partial charge >= 0.3 is 0 Å². The van der Waals surface area contributed by atoms with Crippen molar-refractivity contribution in [3.8, 4) is 5.75 Å². The number of hydrogen-bond acceptors (Lipinski definition) is 4. The van der Waals surface area contributed by atoms with Crippen LogP contribution in [0.5, 0.6) is 5.75 Å². The average molecular weight is 232 g/mol. The van der Waals surface area contributed by atoms with Crippen LogP contribution < -0.4 is 21.7 Å². The summed E-state index contributed by atoms with van der Waals surface area (Å²) in [4.78, 5) is 0. The van der Waals surface area contributed by atoms with Crippen LogP contribution in [-0.2, 0) is 0 Å². The monoisotopic (exact) mass is 231 g/mol. The second-order valence-electron chi connectivity index (χ2n) is 2.22. The Kier molecular flexibility index (Phi) is 2.78. The Morgan fingerprint density at radius 2 is 2.17 bits per heavy atom. The number of hydrazine groups is 1. The van der Waals surface area contributed by atoms with Gasteiger partial charge in [-0.1, -0.05) is 0 Å². The van der Waals surface area contributed by atoms with Gasteiger partial charge in [0.2, 0.25) is 0 Å². The number of methoxy groups -OCH3 is 1. The van der Waals surface area contributed by atoms with Crippen LogP contribution in [0, 0.1) is 0 Å². The fourth-order valence-corrected chi connectivity index (χ4v) is 1.37. The van der Waals surface area contributed by atoms with Gasteiger partial charge in [0.1, 0.15) is 5.75 Å². The van der Waals surface area contributed by atoms with Gasteiger partial charge in [0.25, 0.3) is 0 Å². The molecule has 0 aliphatic carbocycles. The second kappa shape index (κ2) is 3.64. The zero-order chi connectivity index (χ0) is 9.14. The Bertz CT molecular complexity index is 265. The van der Waals surface area contributed by atoms with Crippen molar-refractivity contribution in [2.75, 3.05) is 18.3 Å². The van der Waals surface area contributed by atoms with Gasteiger partial charge < -0.3 is 15.9 Å². The molecule has 0 saturated carbocycles. The molecule has 5 N–H and O–H groups in total. The normalized spacial score (nSPS) is 9.58. The van der Waals surface area contributed by atoms with E-state index in [2.05, 4.69) is 21.4 Å². The second-order valence-corrected chi connectivity index (χ2v) is 3.07. The van der Waals surface area contributed by atoms with Gasteiger partial charge in [-0.2, -0.15) is 0 Å². The highest BCUT2D eigenvalue weighted by Gasteiger charge is 2.04. The van der Waals surface area contributed by atoms with E-state index in [1.165, 1.54) is 0 Å². The molecule has 0 aliphatic heterocycles. The minimum absolute atomic E-state index is 0.574. The Balaban J connectivity index is 3.18. The Morgan fingerprint density at radius 1 is 1.50 bits per heavy atom. The van der Waals surface area contributed by atoms with Crippen molar-refractivity contribution >= 4 is 27.3 Å². The predicted molar refractivity (Wildman–Crippen MR) is 52.9 cm³/mol. The summed E-state index contributed by atoms with van der Waals surface area (Å²) >= 11 is 3.30. The summed E-state index contributed by atoms with van der Waals surface area (Å²) in [6.07, 6.45) is 0. The first kappa shape index (κ1) is 9.15. The molecule has 66 valence electrons. The highest BCUT2D eigenvalue weighted by Crippen LogP contribution is 2.32. The summed E-state index contributed by atoms with van der Waals surface area (Å²) in [6, 6.07) is 3.45. The number of nitrogens with two attached hydrogens (primary N) is 2. The minimum atomic E-state index is 0.574. The van der Waals surface area contributed by atoms with Gasteiger partial charge in [0.15, 0.2) is 0 Å². The first-order chi connectivity index (χ1) is 5.69. The van der Waals surface area contributed by atoms with E-state index in [4.69, 9.17) is 16.3 Å². The van der Waals surface area contributed by atoms with E-state index in [9.17, 15) is 0 Å². The van der Waals surface area contributed by atoms with Crippen LogP contribution in [0.4, 0.5) is 11.4 Å². The largest absolute Gasteiger partial charge is 0.495 e. The number of hydrogen-bond donors (Lipinski definition) is 3. The molecule has 0 amide bonds. The van der Waals surface area contributed by atoms with E-state index in [0.29, 0.717) is 17.1 Å². The van der Waals surface area contributed by atoms with Crippen molar-refractivity contribution in [3.63, 3.8) is 0 Å². The van der Waals surface area contributed by atoms with Crippen molar-refractivity contribution in [1.29, 1.82) is 0 Å². The molecular formula is C7H10BrN3O. The van der Waals surface area contributed by atoms with Crippen LogP contribution in [0.25, 0.3) is 0 Å². The average Bonchev–Trinajstić information content (AvgIpc) is 2.05. The van der Waals surface area contributed by atoms with Gasteiger partial charge in [-0.15, -0.1) is 0 Å². The van der Waals surface area contributed by atoms with E-state index in [0.717, 1.165) is 4.47 Å². The maximum atomic E-state index is 5.63. The smallest absolute Gasteiger partial charge is 0.135 e. The molecule has 1 aromatic carbocycles. The van der Waals surface area contributed by atoms with Crippen LogP contribution >= 0.6 is 15.9 Å². The van der Waals surface area contributed by atoms with E-state index in [1.807, 2.05) is 0 Å². The van der Waals surface area contributed by atoms with E-state index >= 15 is 0 Å². The topological polar surface area (TPSA) is 73.3 Å². The van der Waals surface area contributed by atoms with Crippen molar-refractivity contribution in [3.05, 3.63) is 16.6 Å². The zero-order valence-electron chi connectivity index (χ0n) is 6.60. The molecule has 0 saturated heterocycles. The maximum absolute atomic E-state index is 5.63. The van der Waals surface area contributed by atoms with Gasteiger partial charge in [-0.05, 0) is 22.0 Å². The third kappa shape index (κ3) is 1.62. The van der Waals surface area contributed by atoms with E-state index in [1.54, 1.807) is 19.2 Å². The molecule has 12 heavy (non-hydrogen) atoms. The summed E-state index contributed by atoms with van der Waals surface area (Å²) in [6.45, 7) is 0. The summed E-state index contributed by atoms with van der Waals surface area (Å²) in [5.41, 5.74) is 9.32. The highest BCUT2D eigenvalue weighted by molar-refractivity contribution is 9.10. The predicted octanol–water partition coefficient (Wildman–Crippen LogP) is 1.33. The number of benzene rings is 1. The lowest BCUT2D eigenvalue weighted by Gasteiger charge is -2.08. The number of ether oxygens (including phenoxy) is 1. The third-order valence-corrected chi connectivity index (χ3v) is 2.10. The SMILES string of the molecule is COc1cc(NN)c(N)cc1Br. The molecule has 4 nitrogen and oxygen atoms in total. The molecule has 0 aliphatic rings. The quantitative estimate of drug-likeness (QED) is 0.408. The molecule has 0 spiro atoms. The van der Waals surface area contributed by atoms with Crippen LogP contribution in [0.2, 0.25) is 0 Å². The van der Waals surface area contributed by atoms with Crippen LogP contribution in [0.1, 0.15) is 0 Å². The van der Waals surface area contributed by atoms with Crippen molar-refractivity contribution in [2.24, 2.45) is 5.84 Å². The molecule has 0 aromatic heterocycles. The van der Waals surface area contributed by atoms with Crippen LogP contribution in [0.15, 0.2) is 16.6 Å². The number of halogens is 1. The lowest BCUT2D eigenvalue weighted by Crippen LogP contribution is -2.09. The molecule has 1 aromatic rings. The zero-order valence-corrected chi connectivity index (χ0v) is 8.18. The molecule has 5 heteroatoms. The molecule has 0 radical (unpaired) electrons. The summed E-state index contributed by atoms with van der Waals surface area (Å²) in [7, 11) is 1.58. The van der Waals surface area contributed by atoms with Crippen LogP contribution in [-0.4, -0.2) is 7.11 Å². The fraction of sp³-hybridized carbons (Fsp3) is 0.143. The van der Waals surface area contributed by atoms with Gasteiger partial charge in [-0.3, -0.25) is 5.84 Å². The molecule has 1 rings (SSSR count). The molecule has 0 unspecified atom stereocenters. The molecular weight excluding hydrogens is 222 g/mol. The van der Waals surface area contributed by atoms with Gasteiger partial charge in [0.05, 0.1) is 23.0 Å². The standard InChI is InChI=1S/C7H10BrN3O/c1-12-7-3-6(11-10)5(9)2-4(7)8/h2-3,11H,9-10H2,1H3. The lowest BCUT2D eigenvalue weighted by atomic mass is 10.2. The molecule has 0 fully saturated rings. The van der Waals surface area contributed by atoms with Gasteiger partial charge in [0, 0.05) is 6.07 Å². The first-order valence-electron chi connectivity index (χ1n) is 3.28. The van der Waals surface area contributed by atoms with Crippen molar-refractivity contribution in [2.45, 2.75) is 0 Å². The Labute approximate surface area is 79.0 Å². The Hall–Kier alpha value is -0.940. The minimum Gasteiger partial charge on any atom is -0.495 e. The third-order valence-electron chi connectivity index (χ3n) is 1.48. The number of nitrogens with one attached hydrogen (secondary N) is 1. The van der Waals surface area contributed by atoms with E-state index in [-0.39, 0.29) is 0 Å². The maximum Gasteiger partial charge on any atom is 0.135 e. The summed E-state index contributed by atoms with van der Waals surface area (Å²) in [5.74, 6) is 5.92. The van der Waals surface area contributed by atoms with Gasteiger partial charge in [-0.25, -0.2) is 0 Å². The summed E-state index contributed by atoms with van der Waals surface area (Å²) in [5, 5.41) is 0. The fourth-order valence-electron chi connectivity index (χ4n) is 0.850. The van der Waals surface area contributed by atoms with Crippen molar-refractivity contribution in [1.82, 2.24) is 0 Å². The number of rotatable bonds is 2.